The Morgan fingerprint density at radius 2 is 1.50 bits per heavy atom. The standard InChI is InChI=1S/C31H21NO4/c33-29-24-13-12-21(31(35)36)17-25(24)30(34)26(29)16-19-11-14-27-22(15-19)18-28(20-7-3-1-4-8-20)32(27)23-9-5-2-6-10-23/h1-17,28H,18H2,(H,35,36)/b26-16-. The third kappa shape index (κ3) is 3.53. The Bertz CT molecular complexity index is 1570. The summed E-state index contributed by atoms with van der Waals surface area (Å²) in [4.78, 5) is 39.6. The van der Waals surface area contributed by atoms with E-state index in [1.165, 1.54) is 23.8 Å². The summed E-state index contributed by atoms with van der Waals surface area (Å²) in [7, 11) is 0. The number of aromatic carboxylic acids is 1. The van der Waals surface area contributed by atoms with Crippen LogP contribution in [0.2, 0.25) is 0 Å². The SMILES string of the molecule is O=C(O)c1ccc2c(c1)C(=O)/C(=C\c1ccc3c(c1)CC(c1ccccc1)N3c1ccccc1)C2=O. The Morgan fingerprint density at radius 3 is 2.22 bits per heavy atom. The summed E-state index contributed by atoms with van der Waals surface area (Å²) in [6.45, 7) is 0. The number of nitrogens with zero attached hydrogens (tertiary/aromatic N) is 1. The fraction of sp³-hybridized carbons (Fsp3) is 0.0645. The van der Waals surface area contributed by atoms with Crippen LogP contribution in [-0.2, 0) is 6.42 Å². The molecule has 4 aromatic rings. The molecule has 1 aliphatic carbocycles. The Hall–Kier alpha value is -4.77. The lowest BCUT2D eigenvalue weighted by Gasteiger charge is -2.28. The number of hydrogen-bond acceptors (Lipinski definition) is 4. The number of Topliss-reactive ketones (excluding diaryl/α,β-unsaturated/α-hetero) is 2. The molecule has 0 aromatic heterocycles. The fourth-order valence-electron chi connectivity index (χ4n) is 5.17. The zero-order valence-electron chi connectivity index (χ0n) is 19.2. The number of hydrogen-bond donors (Lipinski definition) is 1. The molecule has 0 fully saturated rings. The van der Waals surface area contributed by atoms with Gasteiger partial charge in [-0.25, -0.2) is 4.79 Å². The summed E-state index contributed by atoms with van der Waals surface area (Å²) in [6, 6.07) is 30.8. The van der Waals surface area contributed by atoms with E-state index in [2.05, 4.69) is 29.2 Å². The summed E-state index contributed by atoms with van der Waals surface area (Å²) in [5, 5.41) is 9.25. The highest BCUT2D eigenvalue weighted by Gasteiger charge is 2.35. The molecular formula is C31H21NO4. The van der Waals surface area contributed by atoms with E-state index in [0.29, 0.717) is 0 Å². The van der Waals surface area contributed by atoms with E-state index in [1.807, 2.05) is 54.6 Å². The third-order valence-electron chi connectivity index (χ3n) is 6.86. The molecule has 0 amide bonds. The maximum absolute atomic E-state index is 13.0. The molecule has 6 rings (SSSR count). The molecule has 1 aliphatic heterocycles. The molecule has 0 saturated carbocycles. The number of ketones is 2. The van der Waals surface area contributed by atoms with E-state index in [1.54, 1.807) is 6.08 Å². The van der Waals surface area contributed by atoms with Gasteiger partial charge in [0.05, 0.1) is 17.2 Å². The molecule has 36 heavy (non-hydrogen) atoms. The van der Waals surface area contributed by atoms with Crippen LogP contribution in [0.4, 0.5) is 11.4 Å². The van der Waals surface area contributed by atoms with Crippen LogP contribution < -0.4 is 4.90 Å². The highest BCUT2D eigenvalue weighted by Crippen LogP contribution is 2.45. The number of anilines is 2. The molecule has 1 N–H and O–H groups in total. The van der Waals surface area contributed by atoms with Gasteiger partial charge in [0.1, 0.15) is 0 Å². The number of carboxylic acid groups (broad SMARTS) is 1. The van der Waals surface area contributed by atoms with Crippen molar-refractivity contribution in [2.75, 3.05) is 4.90 Å². The predicted octanol–water partition coefficient (Wildman–Crippen LogP) is 6.28. The topological polar surface area (TPSA) is 74.7 Å². The third-order valence-corrected chi connectivity index (χ3v) is 6.86. The first kappa shape index (κ1) is 21.7. The Morgan fingerprint density at radius 1 is 0.806 bits per heavy atom. The van der Waals surface area contributed by atoms with E-state index in [0.717, 1.165) is 28.9 Å². The van der Waals surface area contributed by atoms with Gasteiger partial charge >= 0.3 is 5.97 Å². The summed E-state index contributed by atoms with van der Waals surface area (Å²) in [6.07, 6.45) is 2.41. The number of carbonyl (C=O) groups is 3. The van der Waals surface area contributed by atoms with E-state index >= 15 is 0 Å². The smallest absolute Gasteiger partial charge is 0.335 e. The fourth-order valence-corrected chi connectivity index (χ4v) is 5.17. The molecule has 4 aromatic carbocycles. The first-order valence-electron chi connectivity index (χ1n) is 11.7. The number of para-hydroxylation sites is 1. The van der Waals surface area contributed by atoms with Gasteiger partial charge in [-0.05, 0) is 71.7 Å². The van der Waals surface area contributed by atoms with Crippen molar-refractivity contribution in [1.82, 2.24) is 0 Å². The Kier molecular flexibility index (Phi) is 5.11. The van der Waals surface area contributed by atoms with Crippen molar-refractivity contribution in [3.63, 3.8) is 0 Å². The largest absolute Gasteiger partial charge is 0.478 e. The highest BCUT2D eigenvalue weighted by molar-refractivity contribution is 6.41. The van der Waals surface area contributed by atoms with Gasteiger partial charge in [-0.15, -0.1) is 0 Å². The molecule has 2 aliphatic rings. The van der Waals surface area contributed by atoms with Crippen LogP contribution in [0.1, 0.15) is 53.8 Å². The monoisotopic (exact) mass is 471 g/mol. The van der Waals surface area contributed by atoms with E-state index in [9.17, 15) is 19.5 Å². The van der Waals surface area contributed by atoms with Gasteiger partial charge in [0.2, 0.25) is 0 Å². The van der Waals surface area contributed by atoms with Gasteiger partial charge in [0, 0.05) is 22.5 Å². The Labute approximate surface area is 207 Å². The summed E-state index contributed by atoms with van der Waals surface area (Å²) in [5.41, 5.74) is 5.74. The number of rotatable bonds is 4. The average Bonchev–Trinajstić information content (AvgIpc) is 3.40. The zero-order valence-corrected chi connectivity index (χ0v) is 19.2. The van der Waals surface area contributed by atoms with Gasteiger partial charge in [-0.3, -0.25) is 9.59 Å². The first-order chi connectivity index (χ1) is 17.5. The van der Waals surface area contributed by atoms with E-state index < -0.39 is 11.8 Å². The van der Waals surface area contributed by atoms with Crippen LogP contribution in [0.25, 0.3) is 6.08 Å². The first-order valence-corrected chi connectivity index (χ1v) is 11.7. The number of allylic oxidation sites excluding steroid dienone is 1. The van der Waals surface area contributed by atoms with Crippen LogP contribution in [0.15, 0.2) is 103 Å². The van der Waals surface area contributed by atoms with Crippen LogP contribution in [0.5, 0.6) is 0 Å². The molecule has 174 valence electrons. The molecule has 1 unspecified atom stereocenters. The number of benzene rings is 4. The van der Waals surface area contributed by atoms with Gasteiger partial charge in [0.25, 0.3) is 0 Å². The number of fused-ring (bicyclic) bond motifs is 2. The van der Waals surface area contributed by atoms with Crippen LogP contribution in [-0.4, -0.2) is 22.6 Å². The molecule has 0 spiro atoms. The molecule has 0 saturated heterocycles. The van der Waals surface area contributed by atoms with Crippen LogP contribution in [0.3, 0.4) is 0 Å². The van der Waals surface area contributed by atoms with Crippen molar-refractivity contribution in [3.05, 3.63) is 136 Å². The summed E-state index contributed by atoms with van der Waals surface area (Å²) < 4.78 is 0. The zero-order chi connectivity index (χ0) is 24.8. The second kappa shape index (κ2) is 8.47. The van der Waals surface area contributed by atoms with Crippen molar-refractivity contribution < 1.29 is 19.5 Å². The van der Waals surface area contributed by atoms with Gasteiger partial charge in [-0.1, -0.05) is 54.6 Å². The normalized spacial score (nSPS) is 17.4. The van der Waals surface area contributed by atoms with Crippen molar-refractivity contribution in [3.8, 4) is 0 Å². The second-order valence-corrected chi connectivity index (χ2v) is 9.01. The van der Waals surface area contributed by atoms with Crippen molar-refractivity contribution in [1.29, 1.82) is 0 Å². The average molecular weight is 472 g/mol. The molecule has 1 heterocycles. The highest BCUT2D eigenvalue weighted by atomic mass is 16.4. The van der Waals surface area contributed by atoms with E-state index in [4.69, 9.17) is 0 Å². The lowest BCUT2D eigenvalue weighted by molar-refractivity contribution is 0.0696. The maximum atomic E-state index is 13.0. The molecule has 5 heteroatoms. The van der Waals surface area contributed by atoms with Gasteiger partial charge in [-0.2, -0.15) is 0 Å². The van der Waals surface area contributed by atoms with E-state index in [-0.39, 0.29) is 34.1 Å². The quantitative estimate of drug-likeness (QED) is 0.280. The van der Waals surface area contributed by atoms with Gasteiger partial charge in [0.15, 0.2) is 11.6 Å². The van der Waals surface area contributed by atoms with Crippen LogP contribution >= 0.6 is 0 Å². The van der Waals surface area contributed by atoms with Crippen LogP contribution in [0, 0.1) is 0 Å². The molecule has 5 nitrogen and oxygen atoms in total. The minimum atomic E-state index is -1.13. The molecular weight excluding hydrogens is 450 g/mol. The lowest BCUT2D eigenvalue weighted by atomic mass is 10.00. The van der Waals surface area contributed by atoms with Gasteiger partial charge < -0.3 is 10.0 Å². The number of carbonyl (C=O) groups excluding carboxylic acids is 2. The maximum Gasteiger partial charge on any atom is 0.335 e. The molecule has 1 atom stereocenters. The Balaban J connectivity index is 1.39. The second-order valence-electron chi connectivity index (χ2n) is 9.01. The minimum absolute atomic E-state index is 0.0124. The lowest BCUT2D eigenvalue weighted by Crippen LogP contribution is -2.19. The molecule has 0 radical (unpaired) electrons. The van der Waals surface area contributed by atoms with Crippen molar-refractivity contribution >= 4 is 35.0 Å². The predicted molar refractivity (Wildman–Crippen MR) is 138 cm³/mol. The van der Waals surface area contributed by atoms with Crippen molar-refractivity contribution in [2.45, 2.75) is 12.5 Å². The summed E-state index contributed by atoms with van der Waals surface area (Å²) >= 11 is 0. The molecule has 0 bridgehead atoms. The number of carboxylic acids is 1. The van der Waals surface area contributed by atoms with Crippen molar-refractivity contribution in [2.24, 2.45) is 0 Å². The minimum Gasteiger partial charge on any atom is -0.478 e. The summed E-state index contributed by atoms with van der Waals surface area (Å²) in [5.74, 6) is -1.95.